The highest BCUT2D eigenvalue weighted by Gasteiger charge is 2.51. The van der Waals surface area contributed by atoms with E-state index in [4.69, 9.17) is 18.9 Å². The van der Waals surface area contributed by atoms with Crippen molar-refractivity contribution in [3.8, 4) is 0 Å². The van der Waals surface area contributed by atoms with E-state index < -0.39 is 86.8 Å². The predicted molar refractivity (Wildman–Crippen MR) is 327 cm³/mol. The molecule has 9 N–H and O–H groups in total. The first kappa shape index (κ1) is 74.0. The van der Waals surface area contributed by atoms with Crippen LogP contribution < -0.4 is 5.32 Å². The molecule has 2 aliphatic heterocycles. The van der Waals surface area contributed by atoms with Gasteiger partial charge in [-0.1, -0.05) is 227 Å². The third-order valence-electron chi connectivity index (χ3n) is 15.0. The summed E-state index contributed by atoms with van der Waals surface area (Å²) in [5.74, 6) is -0.275. The number of allylic oxidation sites excluding steroid dienone is 15. The Hall–Kier alpha value is -3.09. The molecule has 466 valence electrons. The number of carbonyl (C=O) groups excluding carboxylic acids is 1. The highest BCUT2D eigenvalue weighted by molar-refractivity contribution is 5.76. The van der Waals surface area contributed by atoms with Crippen LogP contribution >= 0.6 is 0 Å². The van der Waals surface area contributed by atoms with Crippen molar-refractivity contribution in [2.24, 2.45) is 0 Å². The summed E-state index contributed by atoms with van der Waals surface area (Å²) in [6, 6.07) is -0.956. The van der Waals surface area contributed by atoms with Crippen LogP contribution in [0.3, 0.4) is 0 Å². The number of aliphatic hydroxyl groups is 8. The Morgan fingerprint density at radius 1 is 0.457 bits per heavy atom. The molecule has 2 saturated heterocycles. The van der Waals surface area contributed by atoms with Gasteiger partial charge in [-0.15, -0.1) is 0 Å². The molecular weight excluding hydrogens is 1030 g/mol. The van der Waals surface area contributed by atoms with Gasteiger partial charge in [0.2, 0.25) is 5.91 Å². The van der Waals surface area contributed by atoms with Gasteiger partial charge in [0.05, 0.1) is 32.0 Å². The van der Waals surface area contributed by atoms with Crippen molar-refractivity contribution >= 4 is 5.91 Å². The molecule has 0 bridgehead atoms. The number of hydrogen-bond acceptors (Lipinski definition) is 13. The molecule has 12 unspecified atom stereocenters. The second-order valence-corrected chi connectivity index (χ2v) is 22.1. The molecule has 0 radical (unpaired) electrons. The normalized spacial score (nSPS) is 24.8. The van der Waals surface area contributed by atoms with Crippen LogP contribution in [0.25, 0.3) is 0 Å². The van der Waals surface area contributed by atoms with Crippen LogP contribution in [0.5, 0.6) is 0 Å². The smallest absolute Gasteiger partial charge is 0.220 e. The number of aliphatic hydroxyl groups excluding tert-OH is 8. The summed E-state index contributed by atoms with van der Waals surface area (Å²) in [6.07, 6.45) is 54.5. The summed E-state index contributed by atoms with van der Waals surface area (Å²) < 4.78 is 22.8. The minimum atomic E-state index is -1.80. The summed E-state index contributed by atoms with van der Waals surface area (Å²) in [5.41, 5.74) is 0. The van der Waals surface area contributed by atoms with Gasteiger partial charge in [0.15, 0.2) is 12.6 Å². The number of carbonyl (C=O) groups is 1. The average Bonchev–Trinajstić information content (AvgIpc) is 3.47. The van der Waals surface area contributed by atoms with E-state index in [1.165, 1.54) is 103 Å². The molecule has 0 aliphatic carbocycles. The molecule has 0 spiro atoms. The molecule has 2 aliphatic rings. The van der Waals surface area contributed by atoms with Gasteiger partial charge in [0, 0.05) is 6.42 Å². The van der Waals surface area contributed by atoms with E-state index >= 15 is 0 Å². The third kappa shape index (κ3) is 36.4. The second-order valence-electron chi connectivity index (χ2n) is 22.1. The summed E-state index contributed by atoms with van der Waals surface area (Å²) in [7, 11) is 0. The number of rotatable bonds is 50. The summed E-state index contributed by atoms with van der Waals surface area (Å²) >= 11 is 0. The first-order valence-electron chi connectivity index (χ1n) is 32.0. The van der Waals surface area contributed by atoms with E-state index in [9.17, 15) is 45.6 Å². The molecule has 0 aromatic heterocycles. The lowest BCUT2D eigenvalue weighted by Gasteiger charge is -2.46. The fourth-order valence-electron chi connectivity index (χ4n) is 9.88. The molecule has 1 amide bonds. The van der Waals surface area contributed by atoms with Gasteiger partial charge in [-0.2, -0.15) is 0 Å². The molecule has 0 aromatic carbocycles. The van der Waals surface area contributed by atoms with Crippen LogP contribution in [0.15, 0.2) is 97.2 Å². The van der Waals surface area contributed by atoms with Crippen molar-refractivity contribution in [1.82, 2.24) is 5.32 Å². The van der Waals surface area contributed by atoms with Crippen LogP contribution in [0, 0.1) is 0 Å². The predicted octanol–water partition coefficient (Wildman–Crippen LogP) is 11.8. The van der Waals surface area contributed by atoms with Gasteiger partial charge in [-0.3, -0.25) is 4.79 Å². The van der Waals surface area contributed by atoms with Crippen molar-refractivity contribution in [2.75, 3.05) is 19.8 Å². The first-order valence-corrected chi connectivity index (χ1v) is 32.0. The SMILES string of the molecule is CC/C=C\C/C=C\C/C=C\C/C=C\C/C=C\CCCCCCCC(=O)NC(COC1OC(CO)C(OC2OC(CO)C(O)C(O)C2O)C(O)C1O)C(O)/C=C/CC/C=C/CC/C=C/CCCCCCCCCCCCCCCCCC. The van der Waals surface area contributed by atoms with Crippen molar-refractivity contribution in [2.45, 2.75) is 299 Å². The molecule has 14 nitrogen and oxygen atoms in total. The molecule has 2 rings (SSSR count). The van der Waals surface area contributed by atoms with E-state index in [-0.39, 0.29) is 18.9 Å². The van der Waals surface area contributed by atoms with Gasteiger partial charge in [0.25, 0.3) is 0 Å². The lowest BCUT2D eigenvalue weighted by molar-refractivity contribution is -0.359. The molecule has 81 heavy (non-hydrogen) atoms. The van der Waals surface area contributed by atoms with Gasteiger partial charge in [0.1, 0.15) is 48.8 Å². The van der Waals surface area contributed by atoms with E-state index in [1.54, 1.807) is 6.08 Å². The topological polar surface area (TPSA) is 228 Å². The summed E-state index contributed by atoms with van der Waals surface area (Å²) in [6.45, 7) is 2.65. The molecule has 14 heteroatoms. The minimum absolute atomic E-state index is 0.242. The minimum Gasteiger partial charge on any atom is -0.394 e. The van der Waals surface area contributed by atoms with E-state index in [0.717, 1.165) is 89.9 Å². The number of nitrogens with one attached hydrogen (secondary N) is 1. The number of ether oxygens (including phenoxy) is 4. The zero-order valence-corrected chi connectivity index (χ0v) is 50.2. The maximum Gasteiger partial charge on any atom is 0.220 e. The first-order chi connectivity index (χ1) is 39.6. The fourth-order valence-corrected chi connectivity index (χ4v) is 9.88. The highest BCUT2D eigenvalue weighted by Crippen LogP contribution is 2.30. The van der Waals surface area contributed by atoms with Crippen LogP contribution in [-0.2, 0) is 23.7 Å². The Labute approximate surface area is 490 Å². The van der Waals surface area contributed by atoms with Crippen LogP contribution in [0.1, 0.15) is 226 Å². The maximum atomic E-state index is 13.3. The largest absolute Gasteiger partial charge is 0.394 e. The zero-order valence-electron chi connectivity index (χ0n) is 50.2. The van der Waals surface area contributed by atoms with Crippen molar-refractivity contribution in [3.63, 3.8) is 0 Å². The van der Waals surface area contributed by atoms with E-state index in [2.05, 4.69) is 104 Å². The zero-order chi connectivity index (χ0) is 58.8. The Morgan fingerprint density at radius 3 is 1.36 bits per heavy atom. The molecular formula is C67H115NO13. The molecule has 2 heterocycles. The van der Waals surface area contributed by atoms with Crippen molar-refractivity contribution < 1.29 is 64.6 Å². The average molecular weight is 1140 g/mol. The number of unbranched alkanes of at least 4 members (excludes halogenated alkanes) is 23. The fraction of sp³-hybridized carbons (Fsp3) is 0.746. The van der Waals surface area contributed by atoms with E-state index in [0.29, 0.717) is 12.8 Å². The maximum absolute atomic E-state index is 13.3. The Kier molecular flexibility index (Phi) is 46.9. The van der Waals surface area contributed by atoms with Crippen LogP contribution in [0.4, 0.5) is 0 Å². The third-order valence-corrected chi connectivity index (χ3v) is 15.0. The lowest BCUT2D eigenvalue weighted by Crippen LogP contribution is -2.65. The van der Waals surface area contributed by atoms with Crippen LogP contribution in [-0.4, -0.2) is 140 Å². The van der Waals surface area contributed by atoms with Crippen LogP contribution in [0.2, 0.25) is 0 Å². The van der Waals surface area contributed by atoms with Crippen molar-refractivity contribution in [3.05, 3.63) is 97.2 Å². The quantitative estimate of drug-likeness (QED) is 0.0204. The van der Waals surface area contributed by atoms with Crippen molar-refractivity contribution in [1.29, 1.82) is 0 Å². The Morgan fingerprint density at radius 2 is 0.864 bits per heavy atom. The monoisotopic (exact) mass is 1140 g/mol. The second kappa shape index (κ2) is 51.3. The Bertz CT molecular complexity index is 1730. The van der Waals surface area contributed by atoms with Gasteiger partial charge < -0.3 is 65.1 Å². The highest BCUT2D eigenvalue weighted by atomic mass is 16.7. The molecule has 0 saturated carbocycles. The van der Waals surface area contributed by atoms with Gasteiger partial charge in [-0.25, -0.2) is 0 Å². The van der Waals surface area contributed by atoms with Gasteiger partial charge in [-0.05, 0) is 89.9 Å². The molecule has 0 aromatic rings. The molecule has 12 atom stereocenters. The molecule has 2 fully saturated rings. The number of amides is 1. The number of hydrogen-bond donors (Lipinski definition) is 9. The standard InChI is InChI=1S/C67H115NO13/c1-3-5-7-9-11-13-15-17-19-21-23-25-26-27-28-29-31-32-34-36-38-40-42-44-46-48-50-56(71)55(54-78-66-64(77)62(75)65(58(53-70)80-66)81-67-63(76)61(74)60(73)57(52-69)79-67)68-59(72)51-49-47-45-43-41-39-37-35-33-30-24-22-20-18-16-14-12-10-8-6-4-2/h6,8,12,14,18,20,24,30,32,34-35,37,40,42,48,50,55-58,60-67,69-71,73-77H,3-5,7,9-11,13,15-17,19,21-23,25-29,31,33,36,38-39,41,43-47,49,51-54H2,1-2H3,(H,68,72)/b8-6-,14-12-,20-18-,30-24-,34-32+,37-35-,42-40+,50-48+. The Balaban J connectivity index is 1.78. The summed E-state index contributed by atoms with van der Waals surface area (Å²) in [5, 5.41) is 87.2. The van der Waals surface area contributed by atoms with E-state index in [1.807, 2.05) is 6.08 Å². The van der Waals surface area contributed by atoms with Gasteiger partial charge >= 0.3 is 0 Å². The lowest BCUT2D eigenvalue weighted by atomic mass is 9.97. The summed E-state index contributed by atoms with van der Waals surface area (Å²) in [4.78, 5) is 13.3.